The Kier molecular flexibility index (Phi) is 4.20. The summed E-state index contributed by atoms with van der Waals surface area (Å²) in [4.78, 5) is 59.6. The Bertz CT molecular complexity index is 1160. The highest BCUT2D eigenvalue weighted by atomic mass is 32.2. The molecule has 160 valence electrons. The second-order valence-corrected chi connectivity index (χ2v) is 10.8. The maximum atomic E-state index is 13.2. The summed E-state index contributed by atoms with van der Waals surface area (Å²) in [5, 5.41) is 1.00. The first-order chi connectivity index (χ1) is 15.0. The number of H-pyrrole nitrogens is 1. The van der Waals surface area contributed by atoms with Crippen molar-refractivity contribution in [1.29, 1.82) is 0 Å². The second kappa shape index (κ2) is 6.77. The Balaban J connectivity index is 1.43. The fourth-order valence-corrected chi connectivity index (χ4v) is 9.25. The van der Waals surface area contributed by atoms with Crippen LogP contribution in [0.25, 0.3) is 0 Å². The first kappa shape index (κ1) is 19.2. The third-order valence-electron chi connectivity index (χ3n) is 7.37. The zero-order chi connectivity index (χ0) is 21.4. The number of aromatic nitrogens is 2. The number of thiazole rings is 1. The van der Waals surface area contributed by atoms with E-state index in [0.717, 1.165) is 26.8 Å². The van der Waals surface area contributed by atoms with Gasteiger partial charge in [-0.1, -0.05) is 17.4 Å². The third kappa shape index (κ3) is 2.57. The molecule has 8 nitrogen and oxygen atoms in total. The summed E-state index contributed by atoms with van der Waals surface area (Å²) < 4.78 is 4.68. The highest BCUT2D eigenvalue weighted by Gasteiger charge is 2.69. The lowest BCUT2D eigenvalue weighted by molar-refractivity contribution is -0.151. The van der Waals surface area contributed by atoms with Crippen LogP contribution in [0.15, 0.2) is 34.3 Å². The smallest absolute Gasteiger partial charge is 0.325 e. The SMILES string of the molecule is COC(=O)CN1C(=O)[C@@H]2[C@H]3C[C@@H]([C@@H]2C1=O)[C@@H]1[C@H](c2cccnc2)c2sc(=O)[nH]c2S[C@H]31. The molecular formula is C21H19N3O5S2. The van der Waals surface area contributed by atoms with Gasteiger partial charge >= 0.3 is 10.8 Å². The molecule has 31 heavy (non-hydrogen) atoms. The van der Waals surface area contributed by atoms with E-state index in [-0.39, 0.29) is 52.2 Å². The van der Waals surface area contributed by atoms with Crippen LogP contribution in [0.4, 0.5) is 0 Å². The molecule has 0 radical (unpaired) electrons. The van der Waals surface area contributed by atoms with Crippen molar-refractivity contribution >= 4 is 40.9 Å². The number of carbonyl (C=O) groups is 3. The van der Waals surface area contributed by atoms with E-state index < -0.39 is 17.8 Å². The molecular weight excluding hydrogens is 438 g/mol. The lowest BCUT2D eigenvalue weighted by Gasteiger charge is -2.42. The zero-order valence-electron chi connectivity index (χ0n) is 16.5. The van der Waals surface area contributed by atoms with Crippen LogP contribution in [0.1, 0.15) is 22.8 Å². The summed E-state index contributed by atoms with van der Waals surface area (Å²) in [5.41, 5.74) is 1.03. The summed E-state index contributed by atoms with van der Waals surface area (Å²) in [6.07, 6.45) is 4.37. The van der Waals surface area contributed by atoms with Crippen LogP contribution in [-0.4, -0.2) is 51.6 Å². The topological polar surface area (TPSA) is 109 Å². The molecule has 2 aromatic heterocycles. The van der Waals surface area contributed by atoms with Gasteiger partial charge in [0.2, 0.25) is 11.8 Å². The molecule has 2 saturated carbocycles. The molecule has 6 rings (SSSR count). The van der Waals surface area contributed by atoms with Crippen molar-refractivity contribution in [2.45, 2.75) is 22.6 Å². The van der Waals surface area contributed by atoms with Gasteiger partial charge in [0, 0.05) is 28.4 Å². The van der Waals surface area contributed by atoms with Gasteiger partial charge in [-0.2, -0.15) is 0 Å². The van der Waals surface area contributed by atoms with Crippen molar-refractivity contribution in [3.63, 3.8) is 0 Å². The number of fused-ring (bicyclic) bond motifs is 9. The molecule has 0 spiro atoms. The van der Waals surface area contributed by atoms with Gasteiger partial charge in [-0.25, -0.2) is 0 Å². The number of amides is 2. The molecule has 2 aromatic rings. The van der Waals surface area contributed by atoms with Crippen molar-refractivity contribution < 1.29 is 19.1 Å². The van der Waals surface area contributed by atoms with Gasteiger partial charge in [-0.3, -0.25) is 29.1 Å². The number of methoxy groups -OCH3 is 1. The third-order valence-corrected chi connectivity index (χ3v) is 9.96. The molecule has 0 aromatic carbocycles. The first-order valence-corrected chi connectivity index (χ1v) is 11.9. The predicted molar refractivity (Wildman–Crippen MR) is 111 cm³/mol. The van der Waals surface area contributed by atoms with Crippen molar-refractivity contribution in [3.05, 3.63) is 44.6 Å². The largest absolute Gasteiger partial charge is 0.468 e. The number of pyridine rings is 1. The van der Waals surface area contributed by atoms with E-state index in [4.69, 9.17) is 0 Å². The van der Waals surface area contributed by atoms with Gasteiger partial charge < -0.3 is 9.72 Å². The summed E-state index contributed by atoms with van der Waals surface area (Å²) in [5.74, 6) is -1.72. The Hall–Kier alpha value is -2.46. The average molecular weight is 458 g/mol. The minimum Gasteiger partial charge on any atom is -0.468 e. The molecule has 4 heterocycles. The van der Waals surface area contributed by atoms with E-state index in [2.05, 4.69) is 14.7 Å². The second-order valence-electron chi connectivity index (χ2n) is 8.59. The average Bonchev–Trinajstić information content (AvgIpc) is 3.49. The number of ether oxygens (including phenoxy) is 1. The quantitative estimate of drug-likeness (QED) is 0.549. The summed E-state index contributed by atoms with van der Waals surface area (Å²) in [6, 6.07) is 3.91. The van der Waals surface area contributed by atoms with E-state index >= 15 is 0 Å². The van der Waals surface area contributed by atoms with Crippen LogP contribution >= 0.6 is 23.1 Å². The molecule has 1 saturated heterocycles. The molecule has 2 bridgehead atoms. The molecule has 7 atom stereocenters. The minimum absolute atomic E-state index is 0.0298. The summed E-state index contributed by atoms with van der Waals surface area (Å²) >= 11 is 2.87. The van der Waals surface area contributed by atoms with Crippen molar-refractivity contribution in [1.82, 2.24) is 14.9 Å². The Morgan fingerprint density at radius 3 is 2.74 bits per heavy atom. The molecule has 3 fully saturated rings. The Morgan fingerprint density at radius 1 is 1.26 bits per heavy atom. The maximum absolute atomic E-state index is 13.2. The van der Waals surface area contributed by atoms with Crippen LogP contribution in [-0.2, 0) is 19.1 Å². The van der Waals surface area contributed by atoms with Crippen molar-refractivity contribution in [2.75, 3.05) is 13.7 Å². The fraction of sp³-hybridized carbons (Fsp3) is 0.476. The van der Waals surface area contributed by atoms with Gasteiger partial charge in [0.05, 0.1) is 24.0 Å². The number of hydrogen-bond donors (Lipinski definition) is 1. The number of rotatable bonds is 3. The molecule has 2 aliphatic carbocycles. The van der Waals surface area contributed by atoms with Crippen molar-refractivity contribution in [2.24, 2.45) is 29.6 Å². The summed E-state index contributed by atoms with van der Waals surface area (Å²) in [7, 11) is 1.25. The van der Waals surface area contributed by atoms with E-state index in [1.54, 1.807) is 18.0 Å². The zero-order valence-corrected chi connectivity index (χ0v) is 18.2. The minimum atomic E-state index is -0.589. The highest BCUT2D eigenvalue weighted by molar-refractivity contribution is 8.00. The maximum Gasteiger partial charge on any atom is 0.325 e. The van der Waals surface area contributed by atoms with Gasteiger partial charge in [0.25, 0.3) is 0 Å². The fourth-order valence-electron chi connectivity index (χ4n) is 6.36. The van der Waals surface area contributed by atoms with Gasteiger partial charge in [-0.15, -0.1) is 11.8 Å². The molecule has 2 aliphatic heterocycles. The number of likely N-dealkylation sites (tertiary alicyclic amines) is 1. The number of nitrogens with one attached hydrogen (secondary N) is 1. The van der Waals surface area contributed by atoms with Crippen LogP contribution < -0.4 is 4.87 Å². The highest BCUT2D eigenvalue weighted by Crippen LogP contribution is 2.68. The van der Waals surface area contributed by atoms with Gasteiger partial charge in [-0.05, 0) is 35.8 Å². The van der Waals surface area contributed by atoms with Crippen molar-refractivity contribution in [3.8, 4) is 0 Å². The number of esters is 1. The van der Waals surface area contributed by atoms with E-state index in [1.165, 1.54) is 18.4 Å². The summed E-state index contributed by atoms with van der Waals surface area (Å²) in [6.45, 7) is -0.324. The molecule has 1 N–H and O–H groups in total. The lowest BCUT2D eigenvalue weighted by atomic mass is 9.68. The van der Waals surface area contributed by atoms with Crippen LogP contribution in [0.2, 0.25) is 0 Å². The molecule has 0 unspecified atom stereocenters. The van der Waals surface area contributed by atoms with E-state index in [1.807, 2.05) is 18.3 Å². The van der Waals surface area contributed by atoms with Gasteiger partial charge in [0.1, 0.15) is 6.54 Å². The molecule has 2 amide bonds. The monoisotopic (exact) mass is 457 g/mol. The number of nitrogens with zero attached hydrogens (tertiary/aromatic N) is 2. The van der Waals surface area contributed by atoms with Gasteiger partial charge in [0.15, 0.2) is 0 Å². The predicted octanol–water partition coefficient (Wildman–Crippen LogP) is 1.48. The number of hydrogen-bond acceptors (Lipinski definition) is 8. The van der Waals surface area contributed by atoms with E-state index in [0.29, 0.717) is 0 Å². The Morgan fingerprint density at radius 2 is 2.03 bits per heavy atom. The van der Waals surface area contributed by atoms with Crippen LogP contribution in [0.5, 0.6) is 0 Å². The normalized spacial score (nSPS) is 35.1. The Labute approximate surface area is 185 Å². The number of carbonyl (C=O) groups excluding carboxylic acids is 3. The molecule has 4 aliphatic rings. The number of aromatic amines is 1. The lowest BCUT2D eigenvalue weighted by Crippen LogP contribution is -2.42. The van der Waals surface area contributed by atoms with Crippen LogP contribution in [0.3, 0.4) is 0 Å². The number of imide groups is 1. The van der Waals surface area contributed by atoms with E-state index in [9.17, 15) is 19.2 Å². The number of thioether (sulfide) groups is 1. The standard InChI is InChI=1S/C21H19N3O5S2/c1-29-11(25)7-24-19(26)14-9-5-10(15(14)20(24)27)16-13(9)12(8-3-2-4-22-6-8)17-18(30-16)23-21(28)31-17/h2-4,6,9-10,12-16H,5,7H2,1H3,(H,23,28)/t9-,10-,12+,13-,14+,15-,16-/m1/s1. The molecule has 10 heteroatoms. The van der Waals surface area contributed by atoms with Crippen LogP contribution in [0, 0.1) is 29.6 Å². The first-order valence-electron chi connectivity index (χ1n) is 10.2.